The minimum Gasteiger partial charge on any atom is -0.378 e. The quantitative estimate of drug-likeness (QED) is 0.691. The van der Waals surface area contributed by atoms with Gasteiger partial charge in [0, 0.05) is 23.7 Å². The Hall–Kier alpha value is -1.43. The summed E-state index contributed by atoms with van der Waals surface area (Å²) in [5.74, 6) is -2.45. The van der Waals surface area contributed by atoms with Gasteiger partial charge in [0.15, 0.2) is 4.34 Å². The first-order chi connectivity index (χ1) is 12.6. The highest BCUT2D eigenvalue weighted by Gasteiger charge is 2.16. The fourth-order valence-electron chi connectivity index (χ4n) is 2.19. The third-order valence-electron chi connectivity index (χ3n) is 3.37. The molecular formula is C15H16F2N4O2S3. The number of aromatic nitrogens is 2. The van der Waals surface area contributed by atoms with Crippen LogP contribution in [0.25, 0.3) is 0 Å². The van der Waals surface area contributed by atoms with Crippen LogP contribution >= 0.6 is 34.9 Å². The molecule has 11 heteroatoms. The molecule has 140 valence electrons. The number of hydrogen-bond acceptors (Lipinski definition) is 8. The molecule has 1 amide bonds. The van der Waals surface area contributed by atoms with Gasteiger partial charge in [-0.1, -0.05) is 34.9 Å². The number of thioether (sulfide) groups is 2. The third-order valence-corrected chi connectivity index (χ3v) is 6.21. The van der Waals surface area contributed by atoms with Gasteiger partial charge in [0.05, 0.1) is 19.0 Å². The number of carbonyl (C=O) groups is 1. The lowest BCUT2D eigenvalue weighted by molar-refractivity contribution is -0.113. The fourth-order valence-corrected chi connectivity index (χ4v) is 4.38. The van der Waals surface area contributed by atoms with Gasteiger partial charge in [-0.3, -0.25) is 4.79 Å². The van der Waals surface area contributed by atoms with E-state index in [9.17, 15) is 13.6 Å². The van der Waals surface area contributed by atoms with Crippen molar-refractivity contribution >= 4 is 51.6 Å². The highest BCUT2D eigenvalue weighted by atomic mass is 32.2. The lowest BCUT2D eigenvalue weighted by Gasteiger charge is -2.25. The van der Waals surface area contributed by atoms with Crippen LogP contribution < -0.4 is 10.2 Å². The number of halogens is 2. The second kappa shape index (κ2) is 9.49. The third kappa shape index (κ3) is 5.79. The summed E-state index contributed by atoms with van der Waals surface area (Å²) in [6.45, 7) is 2.94. The van der Waals surface area contributed by atoms with Crippen LogP contribution in [-0.4, -0.2) is 53.9 Å². The van der Waals surface area contributed by atoms with E-state index in [2.05, 4.69) is 20.4 Å². The largest absolute Gasteiger partial charge is 0.378 e. The van der Waals surface area contributed by atoms with E-state index in [1.54, 1.807) is 24.3 Å². The van der Waals surface area contributed by atoms with Crippen LogP contribution in [0.1, 0.15) is 0 Å². The van der Waals surface area contributed by atoms with E-state index in [0.717, 1.165) is 22.6 Å². The highest BCUT2D eigenvalue weighted by molar-refractivity contribution is 8.01. The molecule has 2 aromatic rings. The number of nitrogens with zero attached hydrogens (tertiary/aromatic N) is 3. The Morgan fingerprint density at radius 3 is 2.69 bits per heavy atom. The zero-order chi connectivity index (χ0) is 18.4. The SMILES string of the molecule is O=C(CSc1nnc(N2CCOCC2)s1)Nc1ccc(SC(F)F)cc1. The van der Waals surface area contributed by atoms with Crippen LogP contribution in [0.3, 0.4) is 0 Å². The molecule has 1 aromatic heterocycles. The predicted molar refractivity (Wildman–Crippen MR) is 101 cm³/mol. The van der Waals surface area contributed by atoms with Crippen molar-refractivity contribution in [1.29, 1.82) is 0 Å². The molecule has 0 radical (unpaired) electrons. The van der Waals surface area contributed by atoms with Gasteiger partial charge in [-0.2, -0.15) is 8.78 Å². The predicted octanol–water partition coefficient (Wildman–Crippen LogP) is 3.42. The number of hydrogen-bond donors (Lipinski definition) is 1. The number of nitrogens with one attached hydrogen (secondary N) is 1. The van der Waals surface area contributed by atoms with E-state index in [0.29, 0.717) is 35.6 Å². The molecule has 3 rings (SSSR count). The molecule has 0 unspecified atom stereocenters. The van der Waals surface area contributed by atoms with Crippen LogP contribution in [0, 0.1) is 0 Å². The van der Waals surface area contributed by atoms with E-state index in [1.807, 2.05) is 0 Å². The average Bonchev–Trinajstić information content (AvgIpc) is 3.11. The normalized spacial score (nSPS) is 14.7. The lowest BCUT2D eigenvalue weighted by Crippen LogP contribution is -2.36. The topological polar surface area (TPSA) is 67.4 Å². The van der Waals surface area contributed by atoms with Crippen molar-refractivity contribution in [3.8, 4) is 0 Å². The van der Waals surface area contributed by atoms with Crippen LogP contribution in [-0.2, 0) is 9.53 Å². The number of anilines is 2. The van der Waals surface area contributed by atoms with Gasteiger partial charge in [0.1, 0.15) is 0 Å². The number of amides is 1. The summed E-state index contributed by atoms with van der Waals surface area (Å²) in [5.41, 5.74) is 0.570. The van der Waals surface area contributed by atoms with Crippen molar-refractivity contribution in [2.24, 2.45) is 0 Å². The molecule has 1 aliphatic heterocycles. The minimum atomic E-state index is -2.46. The minimum absolute atomic E-state index is 0.188. The zero-order valence-electron chi connectivity index (χ0n) is 13.6. The number of morpholine rings is 1. The van der Waals surface area contributed by atoms with Gasteiger partial charge in [-0.15, -0.1) is 10.2 Å². The summed E-state index contributed by atoms with van der Waals surface area (Å²) in [5, 5.41) is 11.8. The van der Waals surface area contributed by atoms with Gasteiger partial charge < -0.3 is 15.0 Å². The lowest BCUT2D eigenvalue weighted by atomic mass is 10.3. The van der Waals surface area contributed by atoms with Crippen molar-refractivity contribution in [3.63, 3.8) is 0 Å². The number of benzene rings is 1. The highest BCUT2D eigenvalue weighted by Crippen LogP contribution is 2.29. The Morgan fingerprint density at radius 2 is 2.00 bits per heavy atom. The Balaban J connectivity index is 1.46. The maximum atomic E-state index is 12.3. The second-order valence-electron chi connectivity index (χ2n) is 5.19. The molecule has 6 nitrogen and oxygen atoms in total. The molecule has 26 heavy (non-hydrogen) atoms. The molecule has 2 heterocycles. The summed E-state index contributed by atoms with van der Waals surface area (Å²) in [7, 11) is 0. The number of alkyl halides is 2. The van der Waals surface area contributed by atoms with Crippen LogP contribution in [0.15, 0.2) is 33.5 Å². The van der Waals surface area contributed by atoms with Crippen molar-refractivity contribution in [3.05, 3.63) is 24.3 Å². The molecule has 0 atom stereocenters. The number of rotatable bonds is 7. The number of ether oxygens (including phenoxy) is 1. The molecule has 1 N–H and O–H groups in total. The zero-order valence-corrected chi connectivity index (χ0v) is 16.0. The van der Waals surface area contributed by atoms with Crippen LogP contribution in [0.5, 0.6) is 0 Å². The first-order valence-corrected chi connectivity index (χ1v) is 10.4. The Bertz CT molecular complexity index is 724. The smallest absolute Gasteiger partial charge is 0.288 e. The van der Waals surface area contributed by atoms with Crippen LogP contribution in [0.4, 0.5) is 19.6 Å². The van der Waals surface area contributed by atoms with E-state index in [-0.39, 0.29) is 11.7 Å². The molecule has 1 saturated heterocycles. The molecule has 1 aromatic carbocycles. The van der Waals surface area contributed by atoms with Crippen molar-refractivity contribution < 1.29 is 18.3 Å². The van der Waals surface area contributed by atoms with Crippen LogP contribution in [0.2, 0.25) is 0 Å². The van der Waals surface area contributed by atoms with Gasteiger partial charge >= 0.3 is 0 Å². The molecule has 0 spiro atoms. The number of carbonyl (C=O) groups excluding carboxylic acids is 1. The Kier molecular flexibility index (Phi) is 7.06. The van der Waals surface area contributed by atoms with Crippen molar-refractivity contribution in [2.45, 2.75) is 15.0 Å². The van der Waals surface area contributed by atoms with E-state index >= 15 is 0 Å². The Labute approximate surface area is 161 Å². The van der Waals surface area contributed by atoms with Crippen molar-refractivity contribution in [2.75, 3.05) is 42.3 Å². The standard InChI is InChI=1S/C15H16F2N4O2S3/c16-13(17)25-11-3-1-10(2-4-11)18-12(22)9-24-15-20-19-14(26-15)21-5-7-23-8-6-21/h1-4,13H,5-9H2,(H,18,22). The molecule has 1 aliphatic rings. The first kappa shape index (κ1) is 19.3. The van der Waals surface area contributed by atoms with E-state index < -0.39 is 5.76 Å². The summed E-state index contributed by atoms with van der Waals surface area (Å²) < 4.78 is 30.6. The molecular weight excluding hydrogens is 402 g/mol. The van der Waals surface area contributed by atoms with Gasteiger partial charge in [-0.05, 0) is 24.3 Å². The maximum Gasteiger partial charge on any atom is 0.288 e. The molecule has 0 aliphatic carbocycles. The summed E-state index contributed by atoms with van der Waals surface area (Å²) in [6, 6.07) is 6.32. The van der Waals surface area contributed by atoms with E-state index in [4.69, 9.17) is 4.74 Å². The first-order valence-electron chi connectivity index (χ1n) is 7.74. The summed E-state index contributed by atoms with van der Waals surface area (Å²) in [4.78, 5) is 14.6. The fraction of sp³-hybridized carbons (Fsp3) is 0.400. The monoisotopic (exact) mass is 418 g/mol. The van der Waals surface area contributed by atoms with E-state index in [1.165, 1.54) is 23.1 Å². The maximum absolute atomic E-state index is 12.3. The Morgan fingerprint density at radius 1 is 1.27 bits per heavy atom. The van der Waals surface area contributed by atoms with Crippen molar-refractivity contribution in [1.82, 2.24) is 10.2 Å². The average molecular weight is 419 g/mol. The second-order valence-corrected chi connectivity index (χ2v) is 8.43. The van der Waals surface area contributed by atoms with Gasteiger partial charge in [-0.25, -0.2) is 0 Å². The van der Waals surface area contributed by atoms with Gasteiger partial charge in [0.2, 0.25) is 11.0 Å². The van der Waals surface area contributed by atoms with Gasteiger partial charge in [0.25, 0.3) is 5.76 Å². The molecule has 0 saturated carbocycles. The molecule has 0 bridgehead atoms. The summed E-state index contributed by atoms with van der Waals surface area (Å²) >= 11 is 3.24. The molecule has 1 fully saturated rings. The summed E-state index contributed by atoms with van der Waals surface area (Å²) in [6.07, 6.45) is 0.